The second kappa shape index (κ2) is 14.1. The third kappa shape index (κ3) is 8.40. The van der Waals surface area contributed by atoms with Crippen LogP contribution in [0, 0.1) is 5.92 Å². The molecule has 1 unspecified atom stereocenters. The molecule has 2 amide bonds. The van der Waals surface area contributed by atoms with Gasteiger partial charge >= 0.3 is 12.1 Å². The highest BCUT2D eigenvalue weighted by Gasteiger charge is 2.48. The van der Waals surface area contributed by atoms with Crippen molar-refractivity contribution in [2.75, 3.05) is 20.2 Å². The molecular formula is C27H35N3O7. The minimum atomic E-state index is -2.71. The Morgan fingerprint density at radius 3 is 2.03 bits per heavy atom. The summed E-state index contributed by atoms with van der Waals surface area (Å²) in [5.41, 5.74) is 4.55. The van der Waals surface area contributed by atoms with E-state index in [1.807, 2.05) is 6.07 Å². The average molecular weight is 514 g/mol. The summed E-state index contributed by atoms with van der Waals surface area (Å²) in [6.45, 7) is 4.30. The Morgan fingerprint density at radius 1 is 0.973 bits per heavy atom. The summed E-state index contributed by atoms with van der Waals surface area (Å²) in [6.07, 6.45) is -1.49. The first-order valence-electron chi connectivity index (χ1n) is 12.1. The SMILES string of the molecule is CCN(CC)C(=O)C[C@H](NC(=O)OCc1ccccc1)C(=O)[C@@H](Cc1ccccc1)C(N)(O)C(=O)OC. The lowest BCUT2D eigenvalue weighted by atomic mass is 9.82. The molecule has 10 heteroatoms. The van der Waals surface area contributed by atoms with Gasteiger partial charge in [0, 0.05) is 13.1 Å². The third-order valence-corrected chi connectivity index (χ3v) is 6.01. The van der Waals surface area contributed by atoms with Gasteiger partial charge in [-0.25, -0.2) is 9.59 Å². The Morgan fingerprint density at radius 2 is 1.51 bits per heavy atom. The van der Waals surface area contributed by atoms with Gasteiger partial charge in [-0.05, 0) is 31.4 Å². The van der Waals surface area contributed by atoms with E-state index in [4.69, 9.17) is 10.5 Å². The molecule has 2 rings (SSSR count). The van der Waals surface area contributed by atoms with Gasteiger partial charge in [-0.3, -0.25) is 15.3 Å². The number of nitrogens with zero attached hydrogens (tertiary/aromatic N) is 1. The first-order chi connectivity index (χ1) is 17.6. The predicted octanol–water partition coefficient (Wildman–Crippen LogP) is 1.79. The molecule has 0 spiro atoms. The van der Waals surface area contributed by atoms with Crippen molar-refractivity contribution in [2.45, 2.75) is 45.1 Å². The van der Waals surface area contributed by atoms with Crippen LogP contribution >= 0.6 is 0 Å². The molecule has 0 aliphatic carbocycles. The number of ketones is 1. The van der Waals surface area contributed by atoms with Gasteiger partial charge in [-0.15, -0.1) is 0 Å². The molecule has 0 aliphatic rings. The van der Waals surface area contributed by atoms with Crippen LogP contribution < -0.4 is 11.1 Å². The van der Waals surface area contributed by atoms with Crippen molar-refractivity contribution in [1.82, 2.24) is 10.2 Å². The van der Waals surface area contributed by atoms with Gasteiger partial charge in [0.05, 0.1) is 19.4 Å². The van der Waals surface area contributed by atoms with Crippen LogP contribution in [-0.2, 0) is 36.9 Å². The third-order valence-electron chi connectivity index (χ3n) is 6.01. The van der Waals surface area contributed by atoms with Crippen molar-refractivity contribution in [3.8, 4) is 0 Å². The lowest BCUT2D eigenvalue weighted by Gasteiger charge is -2.32. The Balaban J connectivity index is 2.35. The zero-order valence-electron chi connectivity index (χ0n) is 21.4. The first-order valence-corrected chi connectivity index (χ1v) is 12.1. The van der Waals surface area contributed by atoms with E-state index < -0.39 is 47.9 Å². The molecule has 37 heavy (non-hydrogen) atoms. The maximum Gasteiger partial charge on any atom is 0.408 e. The number of nitrogens with one attached hydrogen (secondary N) is 1. The Labute approximate surface area is 216 Å². The number of benzene rings is 2. The molecule has 2 aromatic rings. The highest BCUT2D eigenvalue weighted by Crippen LogP contribution is 2.23. The van der Waals surface area contributed by atoms with Crippen molar-refractivity contribution in [1.29, 1.82) is 0 Å². The molecule has 10 nitrogen and oxygen atoms in total. The van der Waals surface area contributed by atoms with Crippen molar-refractivity contribution in [3.63, 3.8) is 0 Å². The van der Waals surface area contributed by atoms with Crippen LogP contribution in [0.15, 0.2) is 60.7 Å². The van der Waals surface area contributed by atoms with E-state index in [1.165, 1.54) is 4.90 Å². The van der Waals surface area contributed by atoms with Crippen molar-refractivity contribution < 1.29 is 33.8 Å². The monoisotopic (exact) mass is 513 g/mol. The highest BCUT2D eigenvalue weighted by atomic mass is 16.6. The van der Waals surface area contributed by atoms with Gasteiger partial charge in [0.1, 0.15) is 12.6 Å². The lowest BCUT2D eigenvalue weighted by Crippen LogP contribution is -2.61. The molecule has 0 aromatic heterocycles. The molecule has 2 aromatic carbocycles. The summed E-state index contributed by atoms with van der Waals surface area (Å²) in [6, 6.07) is 16.1. The van der Waals surface area contributed by atoms with Gasteiger partial charge < -0.3 is 24.8 Å². The van der Waals surface area contributed by atoms with E-state index in [0.29, 0.717) is 18.7 Å². The number of carbonyl (C=O) groups is 4. The molecule has 0 saturated heterocycles. The zero-order valence-corrected chi connectivity index (χ0v) is 21.4. The molecule has 0 fully saturated rings. The van der Waals surface area contributed by atoms with E-state index in [1.54, 1.807) is 68.4 Å². The van der Waals surface area contributed by atoms with Crippen LogP contribution in [0.3, 0.4) is 0 Å². The number of carbonyl (C=O) groups excluding carboxylic acids is 4. The van der Waals surface area contributed by atoms with E-state index in [0.717, 1.165) is 12.7 Å². The van der Waals surface area contributed by atoms with Gasteiger partial charge in [0.15, 0.2) is 5.78 Å². The molecule has 0 aliphatic heterocycles. The van der Waals surface area contributed by atoms with E-state index >= 15 is 0 Å². The van der Waals surface area contributed by atoms with Crippen LogP contribution in [0.2, 0.25) is 0 Å². The predicted molar refractivity (Wildman–Crippen MR) is 136 cm³/mol. The van der Waals surface area contributed by atoms with Crippen molar-refractivity contribution in [3.05, 3.63) is 71.8 Å². The molecule has 0 heterocycles. The van der Waals surface area contributed by atoms with Crippen LogP contribution in [0.1, 0.15) is 31.4 Å². The number of alkyl carbamates (subject to hydrolysis) is 1. The standard InChI is InChI=1S/C27H35N3O7/c1-4-30(5-2)23(31)17-22(29-26(34)37-18-20-14-10-7-11-15-20)24(32)21(27(28,35)25(33)36-3)16-19-12-8-6-9-13-19/h6-15,21-22,35H,4-5,16-18,28H2,1-3H3,(H,29,34)/t21-,22+,27?/m1/s1. The number of hydrogen-bond acceptors (Lipinski definition) is 8. The minimum absolute atomic E-state index is 0.0615. The quantitative estimate of drug-likeness (QED) is 0.271. The van der Waals surface area contributed by atoms with Crippen LogP contribution in [0.25, 0.3) is 0 Å². The minimum Gasteiger partial charge on any atom is -0.466 e. The topological polar surface area (TPSA) is 148 Å². The molecule has 200 valence electrons. The van der Waals surface area contributed by atoms with Gasteiger partial charge in [0.2, 0.25) is 11.6 Å². The largest absolute Gasteiger partial charge is 0.466 e. The summed E-state index contributed by atoms with van der Waals surface area (Å²) in [4.78, 5) is 53.2. The molecular weight excluding hydrogens is 478 g/mol. The Bertz CT molecular complexity index is 1040. The molecule has 3 atom stereocenters. The molecule has 0 saturated carbocycles. The molecule has 0 radical (unpaired) electrons. The number of amides is 2. The van der Waals surface area contributed by atoms with Gasteiger partial charge in [-0.2, -0.15) is 0 Å². The fourth-order valence-corrected chi connectivity index (χ4v) is 3.88. The fraction of sp³-hybridized carbons (Fsp3) is 0.407. The van der Waals surface area contributed by atoms with Gasteiger partial charge in [0.25, 0.3) is 0 Å². The summed E-state index contributed by atoms with van der Waals surface area (Å²) in [5, 5.41) is 13.3. The average Bonchev–Trinajstić information content (AvgIpc) is 2.91. The summed E-state index contributed by atoms with van der Waals surface area (Å²) >= 11 is 0. The summed E-state index contributed by atoms with van der Waals surface area (Å²) < 4.78 is 9.88. The normalized spacial score (nSPS) is 14.0. The molecule has 4 N–H and O–H groups in total. The zero-order chi connectivity index (χ0) is 27.4. The first kappa shape index (κ1) is 29.5. The lowest BCUT2D eigenvalue weighted by molar-refractivity contribution is -0.171. The second-order valence-electron chi connectivity index (χ2n) is 8.49. The summed E-state index contributed by atoms with van der Waals surface area (Å²) in [7, 11) is 1.03. The number of rotatable bonds is 13. The van der Waals surface area contributed by atoms with Crippen LogP contribution in [0.5, 0.6) is 0 Å². The number of Topliss-reactive ketones (excluding diaryl/α,β-unsaturated/α-hetero) is 1. The number of hydrogen-bond donors (Lipinski definition) is 3. The smallest absolute Gasteiger partial charge is 0.408 e. The number of esters is 1. The Hall–Kier alpha value is -3.76. The number of ether oxygens (including phenoxy) is 2. The molecule has 0 bridgehead atoms. The van der Waals surface area contributed by atoms with Gasteiger partial charge in [-0.1, -0.05) is 60.7 Å². The number of methoxy groups -OCH3 is 1. The fourth-order valence-electron chi connectivity index (χ4n) is 3.88. The Kier molecular flexibility index (Phi) is 11.2. The summed E-state index contributed by atoms with van der Waals surface area (Å²) in [5.74, 6) is -3.96. The van der Waals surface area contributed by atoms with Crippen molar-refractivity contribution >= 4 is 23.8 Å². The van der Waals surface area contributed by atoms with E-state index in [-0.39, 0.29) is 13.0 Å². The van der Waals surface area contributed by atoms with Crippen LogP contribution in [-0.4, -0.2) is 65.7 Å². The van der Waals surface area contributed by atoms with Crippen LogP contribution in [0.4, 0.5) is 4.79 Å². The van der Waals surface area contributed by atoms with E-state index in [9.17, 15) is 24.3 Å². The maximum atomic E-state index is 13.8. The maximum absolute atomic E-state index is 13.8. The van der Waals surface area contributed by atoms with Crippen molar-refractivity contribution in [2.24, 2.45) is 11.7 Å². The van der Waals surface area contributed by atoms with E-state index in [2.05, 4.69) is 10.1 Å². The number of aliphatic hydroxyl groups is 1. The second-order valence-corrected chi connectivity index (χ2v) is 8.49. The highest BCUT2D eigenvalue weighted by molar-refractivity contribution is 5.97. The number of nitrogens with two attached hydrogens (primary N) is 1.